The average molecular weight is 272 g/mol. The van der Waals surface area contributed by atoms with Crippen molar-refractivity contribution in [1.29, 1.82) is 0 Å². The van der Waals surface area contributed by atoms with Gasteiger partial charge in [0.1, 0.15) is 0 Å². The van der Waals surface area contributed by atoms with Crippen molar-refractivity contribution in [1.82, 2.24) is 15.5 Å². The van der Waals surface area contributed by atoms with E-state index in [9.17, 15) is 9.59 Å². The molecule has 1 aromatic carbocycles. The van der Waals surface area contributed by atoms with Crippen molar-refractivity contribution in [2.45, 2.75) is 18.9 Å². The third-order valence-corrected chi connectivity index (χ3v) is 3.44. The van der Waals surface area contributed by atoms with E-state index in [4.69, 9.17) is 0 Å². The minimum Gasteiger partial charge on any atom is -0.325 e. The number of amides is 1. The van der Waals surface area contributed by atoms with E-state index in [0.29, 0.717) is 0 Å². The standard InChI is InChI=1S/C14H16N4O2/c19-13-8-12(17-18-13)9-3-5-10(6-4-9)16-14(20)11-2-1-7-15-11/h3-6,8,11,15H,1-2,7H2,(H,16,20)(H2,17,18,19)/t11-/m1/s1. The van der Waals surface area contributed by atoms with Crippen molar-refractivity contribution in [2.24, 2.45) is 0 Å². The molecule has 2 aromatic rings. The first-order chi connectivity index (χ1) is 9.72. The van der Waals surface area contributed by atoms with Crippen LogP contribution in [0.15, 0.2) is 35.1 Å². The summed E-state index contributed by atoms with van der Waals surface area (Å²) in [6.07, 6.45) is 1.92. The van der Waals surface area contributed by atoms with Crippen LogP contribution in [0, 0.1) is 0 Å². The smallest absolute Gasteiger partial charge is 0.264 e. The number of hydrogen-bond donors (Lipinski definition) is 4. The molecule has 3 rings (SSSR count). The van der Waals surface area contributed by atoms with Crippen LogP contribution in [0.5, 0.6) is 0 Å². The maximum absolute atomic E-state index is 11.9. The normalized spacial score (nSPS) is 18.1. The molecule has 1 saturated heterocycles. The molecule has 4 N–H and O–H groups in total. The maximum Gasteiger partial charge on any atom is 0.264 e. The Morgan fingerprint density at radius 1 is 1.20 bits per heavy atom. The van der Waals surface area contributed by atoms with E-state index in [0.717, 1.165) is 36.3 Å². The van der Waals surface area contributed by atoms with Gasteiger partial charge in [0, 0.05) is 11.8 Å². The van der Waals surface area contributed by atoms with E-state index >= 15 is 0 Å². The summed E-state index contributed by atoms with van der Waals surface area (Å²) in [6, 6.07) is 8.78. The summed E-state index contributed by atoms with van der Waals surface area (Å²) in [7, 11) is 0. The molecule has 0 saturated carbocycles. The molecule has 0 aliphatic carbocycles. The molecule has 0 bridgehead atoms. The number of nitrogens with one attached hydrogen (secondary N) is 4. The molecule has 0 unspecified atom stereocenters. The highest BCUT2D eigenvalue weighted by molar-refractivity contribution is 5.95. The van der Waals surface area contributed by atoms with Gasteiger partial charge in [0.2, 0.25) is 5.91 Å². The van der Waals surface area contributed by atoms with E-state index in [1.54, 1.807) is 0 Å². The van der Waals surface area contributed by atoms with Crippen LogP contribution in [-0.2, 0) is 4.79 Å². The number of anilines is 1. The highest BCUT2D eigenvalue weighted by Crippen LogP contribution is 2.18. The minimum absolute atomic E-state index is 0.00491. The van der Waals surface area contributed by atoms with Crippen LogP contribution < -0.4 is 16.2 Å². The van der Waals surface area contributed by atoms with Crippen molar-refractivity contribution >= 4 is 11.6 Å². The number of H-pyrrole nitrogens is 2. The number of aromatic nitrogens is 2. The molecule has 2 heterocycles. The number of hydrogen-bond acceptors (Lipinski definition) is 3. The Hall–Kier alpha value is -2.34. The number of aromatic amines is 2. The Balaban J connectivity index is 1.69. The number of carbonyl (C=O) groups excluding carboxylic acids is 1. The molecule has 6 heteroatoms. The van der Waals surface area contributed by atoms with E-state index in [2.05, 4.69) is 20.8 Å². The number of rotatable bonds is 3. The molecular formula is C14H16N4O2. The molecule has 1 aliphatic heterocycles. The summed E-state index contributed by atoms with van der Waals surface area (Å²) in [4.78, 5) is 23.0. The Bertz CT molecular complexity index is 650. The van der Waals surface area contributed by atoms with Crippen LogP contribution in [-0.4, -0.2) is 28.7 Å². The zero-order valence-corrected chi connectivity index (χ0v) is 10.9. The van der Waals surface area contributed by atoms with Crippen LogP contribution >= 0.6 is 0 Å². The predicted octanol–water partition coefficient (Wildman–Crippen LogP) is 1.06. The Morgan fingerprint density at radius 2 is 2.00 bits per heavy atom. The zero-order chi connectivity index (χ0) is 13.9. The molecule has 1 fully saturated rings. The average Bonchev–Trinajstić information content (AvgIpc) is 3.10. The Kier molecular flexibility index (Phi) is 3.39. The third kappa shape index (κ3) is 2.65. The van der Waals surface area contributed by atoms with Gasteiger partial charge in [-0.05, 0) is 37.1 Å². The zero-order valence-electron chi connectivity index (χ0n) is 10.9. The fourth-order valence-corrected chi connectivity index (χ4v) is 2.36. The second-order valence-electron chi connectivity index (χ2n) is 4.89. The highest BCUT2D eigenvalue weighted by atomic mass is 16.2. The van der Waals surface area contributed by atoms with Gasteiger partial charge in [0.15, 0.2) is 0 Å². The molecule has 1 aromatic heterocycles. The molecular weight excluding hydrogens is 256 g/mol. The van der Waals surface area contributed by atoms with Gasteiger partial charge in [0.05, 0.1) is 11.7 Å². The molecule has 0 spiro atoms. The predicted molar refractivity (Wildman–Crippen MR) is 76.5 cm³/mol. The van der Waals surface area contributed by atoms with Gasteiger partial charge in [-0.2, -0.15) is 0 Å². The first-order valence-corrected chi connectivity index (χ1v) is 6.65. The molecule has 20 heavy (non-hydrogen) atoms. The minimum atomic E-state index is -0.162. The van der Waals surface area contributed by atoms with Crippen LogP contribution in [0.2, 0.25) is 0 Å². The van der Waals surface area contributed by atoms with Crippen LogP contribution in [0.25, 0.3) is 11.3 Å². The molecule has 1 amide bonds. The summed E-state index contributed by atoms with van der Waals surface area (Å²) in [6.45, 7) is 0.901. The third-order valence-electron chi connectivity index (χ3n) is 3.44. The number of benzene rings is 1. The number of carbonyl (C=O) groups is 1. The topological polar surface area (TPSA) is 89.8 Å². The molecule has 104 valence electrons. The van der Waals surface area contributed by atoms with Gasteiger partial charge in [-0.25, -0.2) is 0 Å². The van der Waals surface area contributed by atoms with Crippen molar-refractivity contribution in [2.75, 3.05) is 11.9 Å². The molecule has 1 atom stereocenters. The molecule has 6 nitrogen and oxygen atoms in total. The van der Waals surface area contributed by atoms with Crippen LogP contribution in [0.1, 0.15) is 12.8 Å². The lowest BCUT2D eigenvalue weighted by Crippen LogP contribution is -2.35. The lowest BCUT2D eigenvalue weighted by Gasteiger charge is -2.11. The van der Waals surface area contributed by atoms with Crippen molar-refractivity contribution in [3.63, 3.8) is 0 Å². The fraction of sp³-hybridized carbons (Fsp3) is 0.286. The van der Waals surface area contributed by atoms with Crippen molar-refractivity contribution in [3.05, 3.63) is 40.7 Å². The van der Waals surface area contributed by atoms with E-state index in [1.807, 2.05) is 24.3 Å². The van der Waals surface area contributed by atoms with Gasteiger partial charge in [-0.1, -0.05) is 12.1 Å². The highest BCUT2D eigenvalue weighted by Gasteiger charge is 2.21. The van der Waals surface area contributed by atoms with Crippen LogP contribution in [0.3, 0.4) is 0 Å². The lowest BCUT2D eigenvalue weighted by atomic mass is 10.1. The SMILES string of the molecule is O=C(Nc1ccc(-c2cc(=O)[nH][nH]2)cc1)[C@H]1CCCN1. The second kappa shape index (κ2) is 5.34. The van der Waals surface area contributed by atoms with Crippen molar-refractivity contribution < 1.29 is 4.79 Å². The summed E-state index contributed by atoms with van der Waals surface area (Å²) in [5.41, 5.74) is 2.21. The monoisotopic (exact) mass is 272 g/mol. The van der Waals surface area contributed by atoms with Gasteiger partial charge < -0.3 is 10.6 Å². The van der Waals surface area contributed by atoms with E-state index < -0.39 is 0 Å². The van der Waals surface area contributed by atoms with E-state index in [1.165, 1.54) is 6.07 Å². The summed E-state index contributed by atoms with van der Waals surface area (Å²) < 4.78 is 0. The van der Waals surface area contributed by atoms with Gasteiger partial charge in [0.25, 0.3) is 5.56 Å². The van der Waals surface area contributed by atoms with Gasteiger partial charge >= 0.3 is 0 Å². The first kappa shape index (κ1) is 12.7. The summed E-state index contributed by atoms with van der Waals surface area (Å²) in [5.74, 6) is 0.00491. The molecule has 0 radical (unpaired) electrons. The Morgan fingerprint density at radius 3 is 2.60 bits per heavy atom. The largest absolute Gasteiger partial charge is 0.325 e. The lowest BCUT2D eigenvalue weighted by molar-refractivity contribution is -0.117. The molecule has 1 aliphatic rings. The van der Waals surface area contributed by atoms with E-state index in [-0.39, 0.29) is 17.5 Å². The maximum atomic E-state index is 11.9. The summed E-state index contributed by atoms with van der Waals surface area (Å²) >= 11 is 0. The first-order valence-electron chi connectivity index (χ1n) is 6.65. The summed E-state index contributed by atoms with van der Waals surface area (Å²) in [5, 5.41) is 11.3. The van der Waals surface area contributed by atoms with Gasteiger partial charge in [-0.15, -0.1) is 0 Å². The second-order valence-corrected chi connectivity index (χ2v) is 4.89. The van der Waals surface area contributed by atoms with Crippen molar-refractivity contribution in [3.8, 4) is 11.3 Å². The van der Waals surface area contributed by atoms with Gasteiger partial charge in [-0.3, -0.25) is 19.8 Å². The quantitative estimate of drug-likeness (QED) is 0.673. The van der Waals surface area contributed by atoms with Crippen LogP contribution in [0.4, 0.5) is 5.69 Å². The fourth-order valence-electron chi connectivity index (χ4n) is 2.36. The Labute approximate surface area is 115 Å².